The second kappa shape index (κ2) is 9.22. The highest BCUT2D eigenvalue weighted by Gasteiger charge is 2.27. The smallest absolute Gasteiger partial charge is 0.324 e. The maximum atomic E-state index is 11.8. The van der Waals surface area contributed by atoms with E-state index in [1.54, 1.807) is 25.1 Å². The minimum Gasteiger partial charge on any atom is -0.365 e. The second-order valence-electron chi connectivity index (χ2n) is 8.76. The third-order valence-electron chi connectivity index (χ3n) is 5.68. The molecule has 1 saturated heterocycles. The Morgan fingerprint density at radius 1 is 1.09 bits per heavy atom. The zero-order chi connectivity index (χ0) is 23.8. The van der Waals surface area contributed by atoms with E-state index in [-0.39, 0.29) is 18.1 Å². The van der Waals surface area contributed by atoms with E-state index >= 15 is 0 Å². The summed E-state index contributed by atoms with van der Waals surface area (Å²) < 4.78 is 40.7. The van der Waals surface area contributed by atoms with Gasteiger partial charge in [-0.2, -0.15) is 9.97 Å². The van der Waals surface area contributed by atoms with Crippen LogP contribution in [0.25, 0.3) is 11.4 Å². The normalized spacial score (nSPS) is 16.5. The molecule has 0 spiro atoms. The number of aryl methyl sites for hydroxylation is 1. The molecule has 1 aliphatic heterocycles. The molecule has 3 heterocycles. The summed E-state index contributed by atoms with van der Waals surface area (Å²) >= 11 is 0. The van der Waals surface area contributed by atoms with Crippen molar-refractivity contribution in [3.8, 4) is 11.4 Å². The highest BCUT2D eigenvalue weighted by atomic mass is 32.2. The first-order chi connectivity index (χ1) is 15.6. The Hall–Kier alpha value is -2.79. The summed E-state index contributed by atoms with van der Waals surface area (Å²) in [5, 5.41) is 8.08. The van der Waals surface area contributed by atoms with Crippen molar-refractivity contribution in [3.05, 3.63) is 35.5 Å². The summed E-state index contributed by atoms with van der Waals surface area (Å²) in [5.41, 5.74) is 1.33. The Morgan fingerprint density at radius 2 is 1.82 bits per heavy atom. The Morgan fingerprint density at radius 3 is 2.42 bits per heavy atom. The number of aromatic nitrogens is 4. The highest BCUT2D eigenvalue weighted by molar-refractivity contribution is 7.90. The zero-order valence-electron chi connectivity index (χ0n) is 19.5. The highest BCUT2D eigenvalue weighted by Crippen LogP contribution is 2.28. The van der Waals surface area contributed by atoms with Crippen molar-refractivity contribution in [1.82, 2.24) is 20.3 Å². The number of ether oxygens (including phenoxy) is 1. The molecule has 3 aromatic rings. The molecule has 0 radical (unpaired) electrons. The molecular formula is C22H29N5O5S. The van der Waals surface area contributed by atoms with Crippen LogP contribution in [0, 0.1) is 6.92 Å². The fourth-order valence-corrected chi connectivity index (χ4v) is 4.80. The lowest BCUT2D eigenvalue weighted by Gasteiger charge is -2.31. The van der Waals surface area contributed by atoms with Crippen LogP contribution in [0.5, 0.6) is 0 Å². The number of hydrogen-bond donors (Lipinski definition) is 0. The summed E-state index contributed by atoms with van der Waals surface area (Å²) in [6.45, 7) is 9.22. The lowest BCUT2D eigenvalue weighted by atomic mass is 10.1. The van der Waals surface area contributed by atoms with E-state index in [2.05, 4.69) is 25.2 Å². The van der Waals surface area contributed by atoms with Crippen LogP contribution in [0.4, 0.5) is 6.01 Å². The molecule has 1 fully saturated rings. The lowest BCUT2D eigenvalue weighted by molar-refractivity contribution is -0.0303. The van der Waals surface area contributed by atoms with Crippen LogP contribution < -0.4 is 4.90 Å². The standard InChI is InChI=1S/C22H29N5O5S/c1-13(2)19-24-22(32-25-19)27-10-8-17(9-11-27)30-15(4)21-23-20(26-31-21)16-6-7-18(14(3)12-16)33(5,28)29/h6-7,12-13,15,17H,8-11H2,1-5H3. The summed E-state index contributed by atoms with van der Waals surface area (Å²) in [6, 6.07) is 5.55. The van der Waals surface area contributed by atoms with Gasteiger partial charge < -0.3 is 18.7 Å². The Bertz CT molecular complexity index is 1210. The molecule has 10 nitrogen and oxygen atoms in total. The maximum absolute atomic E-state index is 11.8. The van der Waals surface area contributed by atoms with E-state index in [1.807, 2.05) is 20.8 Å². The molecular weight excluding hydrogens is 446 g/mol. The van der Waals surface area contributed by atoms with E-state index in [0.717, 1.165) is 25.9 Å². The van der Waals surface area contributed by atoms with Crippen LogP contribution in [0.3, 0.4) is 0 Å². The van der Waals surface area contributed by atoms with Crippen LogP contribution in [-0.4, -0.2) is 54.1 Å². The van der Waals surface area contributed by atoms with Gasteiger partial charge in [-0.25, -0.2) is 8.42 Å². The predicted octanol–water partition coefficient (Wildman–Crippen LogP) is 3.70. The molecule has 0 aliphatic carbocycles. The summed E-state index contributed by atoms with van der Waals surface area (Å²) in [5.74, 6) is 1.72. The van der Waals surface area contributed by atoms with E-state index in [9.17, 15) is 8.42 Å². The number of benzene rings is 1. The fraction of sp³-hybridized carbons (Fsp3) is 0.545. The van der Waals surface area contributed by atoms with Crippen LogP contribution in [-0.2, 0) is 14.6 Å². The van der Waals surface area contributed by atoms with Gasteiger partial charge >= 0.3 is 6.01 Å². The van der Waals surface area contributed by atoms with Gasteiger partial charge in [0.25, 0.3) is 5.89 Å². The minimum atomic E-state index is -3.28. The van der Waals surface area contributed by atoms with E-state index < -0.39 is 9.84 Å². The van der Waals surface area contributed by atoms with Gasteiger partial charge in [0.05, 0.1) is 11.0 Å². The first-order valence-corrected chi connectivity index (χ1v) is 12.9. The summed E-state index contributed by atoms with van der Waals surface area (Å²) in [7, 11) is -3.28. The van der Waals surface area contributed by atoms with Gasteiger partial charge in [-0.15, -0.1) is 0 Å². The molecule has 0 N–H and O–H groups in total. The Kier molecular flexibility index (Phi) is 6.53. The SMILES string of the molecule is Cc1cc(-c2noc(C(C)OC3CCN(c4nc(C(C)C)no4)CC3)n2)ccc1S(C)(=O)=O. The first-order valence-electron chi connectivity index (χ1n) is 11.0. The van der Waals surface area contributed by atoms with E-state index in [0.29, 0.717) is 39.6 Å². The van der Waals surface area contributed by atoms with Gasteiger partial charge in [0.1, 0.15) is 6.10 Å². The largest absolute Gasteiger partial charge is 0.365 e. The molecule has 1 aliphatic rings. The Balaban J connectivity index is 1.35. The molecule has 33 heavy (non-hydrogen) atoms. The monoisotopic (exact) mass is 475 g/mol. The predicted molar refractivity (Wildman–Crippen MR) is 121 cm³/mol. The van der Waals surface area contributed by atoms with Crippen molar-refractivity contribution in [2.24, 2.45) is 0 Å². The van der Waals surface area contributed by atoms with Crippen molar-refractivity contribution in [3.63, 3.8) is 0 Å². The van der Waals surface area contributed by atoms with Crippen molar-refractivity contribution in [2.75, 3.05) is 24.2 Å². The summed E-state index contributed by atoms with van der Waals surface area (Å²) in [4.78, 5) is 11.3. The lowest BCUT2D eigenvalue weighted by Crippen LogP contribution is -2.37. The van der Waals surface area contributed by atoms with Gasteiger partial charge in [-0.3, -0.25) is 0 Å². The van der Waals surface area contributed by atoms with Crippen molar-refractivity contribution in [2.45, 2.75) is 63.6 Å². The number of nitrogens with zero attached hydrogens (tertiary/aromatic N) is 5. The van der Waals surface area contributed by atoms with Crippen LogP contribution in [0.1, 0.15) is 62.9 Å². The second-order valence-corrected chi connectivity index (χ2v) is 10.7. The fourth-order valence-electron chi connectivity index (χ4n) is 3.84. The van der Waals surface area contributed by atoms with Crippen molar-refractivity contribution in [1.29, 1.82) is 0 Å². The quantitative estimate of drug-likeness (QED) is 0.499. The molecule has 11 heteroatoms. The van der Waals surface area contributed by atoms with E-state index in [4.69, 9.17) is 13.8 Å². The molecule has 0 bridgehead atoms. The topological polar surface area (TPSA) is 124 Å². The average molecular weight is 476 g/mol. The summed E-state index contributed by atoms with van der Waals surface area (Å²) in [6.07, 6.45) is 2.51. The molecule has 178 valence electrons. The molecule has 2 aromatic heterocycles. The maximum Gasteiger partial charge on any atom is 0.324 e. The van der Waals surface area contributed by atoms with Gasteiger partial charge in [-0.05, 0) is 50.5 Å². The number of sulfone groups is 1. The number of piperidine rings is 1. The van der Waals surface area contributed by atoms with Crippen LogP contribution in [0.2, 0.25) is 0 Å². The number of rotatable bonds is 7. The minimum absolute atomic E-state index is 0.0513. The third-order valence-corrected chi connectivity index (χ3v) is 6.94. The van der Waals surface area contributed by atoms with Gasteiger partial charge in [0.15, 0.2) is 15.7 Å². The average Bonchev–Trinajstić information content (AvgIpc) is 3.44. The first kappa shape index (κ1) is 23.4. The Labute approximate surface area is 193 Å². The van der Waals surface area contributed by atoms with Crippen molar-refractivity contribution >= 4 is 15.9 Å². The molecule has 1 unspecified atom stereocenters. The third kappa shape index (κ3) is 5.25. The van der Waals surface area contributed by atoms with Crippen molar-refractivity contribution < 1.29 is 22.2 Å². The molecule has 0 saturated carbocycles. The molecule has 1 aromatic carbocycles. The number of anilines is 1. The van der Waals surface area contributed by atoms with Gasteiger partial charge in [0.2, 0.25) is 5.82 Å². The van der Waals surface area contributed by atoms with Gasteiger partial charge in [-0.1, -0.05) is 24.2 Å². The molecule has 0 amide bonds. The molecule has 4 rings (SSSR count). The van der Waals surface area contributed by atoms with Gasteiger partial charge in [0, 0.05) is 30.8 Å². The van der Waals surface area contributed by atoms with Crippen LogP contribution >= 0.6 is 0 Å². The van der Waals surface area contributed by atoms with Crippen LogP contribution in [0.15, 0.2) is 32.1 Å². The number of hydrogen-bond acceptors (Lipinski definition) is 10. The zero-order valence-corrected chi connectivity index (χ0v) is 20.3. The van der Waals surface area contributed by atoms with E-state index in [1.165, 1.54) is 6.26 Å². The molecule has 1 atom stereocenters.